The Morgan fingerprint density at radius 3 is 2.22 bits per heavy atom. The SMILES string of the molecule is Cc1ccc(S(=O)(=O)O)c(CCc2cccc3[nH]cc(S(=O)(=O)c4ccccc4)c23)c1C. The fourth-order valence-corrected chi connectivity index (χ4v) is 6.33. The van der Waals surface area contributed by atoms with Gasteiger partial charge >= 0.3 is 0 Å². The van der Waals surface area contributed by atoms with Crippen LogP contribution in [0.25, 0.3) is 10.9 Å². The Hall–Kier alpha value is -2.94. The molecule has 0 saturated heterocycles. The molecule has 1 aromatic heterocycles. The number of aromatic nitrogens is 1. The zero-order valence-electron chi connectivity index (χ0n) is 17.7. The topological polar surface area (TPSA) is 104 Å². The van der Waals surface area contributed by atoms with Gasteiger partial charge in [-0.1, -0.05) is 36.4 Å². The Morgan fingerprint density at radius 2 is 1.53 bits per heavy atom. The van der Waals surface area contributed by atoms with Crippen LogP contribution in [0.15, 0.2) is 81.5 Å². The van der Waals surface area contributed by atoms with Gasteiger partial charge in [0, 0.05) is 17.1 Å². The second kappa shape index (κ2) is 8.20. The van der Waals surface area contributed by atoms with Crippen molar-refractivity contribution < 1.29 is 21.4 Å². The summed E-state index contributed by atoms with van der Waals surface area (Å²) in [5.74, 6) is 0. The van der Waals surface area contributed by atoms with E-state index in [-0.39, 0.29) is 14.7 Å². The smallest absolute Gasteiger partial charge is 0.294 e. The van der Waals surface area contributed by atoms with Crippen LogP contribution in [0.1, 0.15) is 22.3 Å². The van der Waals surface area contributed by atoms with Gasteiger partial charge in [0.15, 0.2) is 0 Å². The highest BCUT2D eigenvalue weighted by Gasteiger charge is 2.24. The first kappa shape index (κ1) is 22.3. The molecular weight excluding hydrogens is 446 g/mol. The maximum atomic E-state index is 13.3. The van der Waals surface area contributed by atoms with Crippen LogP contribution in [0, 0.1) is 13.8 Å². The summed E-state index contributed by atoms with van der Waals surface area (Å²) in [6.07, 6.45) is 2.23. The number of benzene rings is 3. The number of nitrogens with one attached hydrogen (secondary N) is 1. The highest BCUT2D eigenvalue weighted by molar-refractivity contribution is 7.91. The summed E-state index contributed by atoms with van der Waals surface area (Å²) in [6, 6.07) is 16.8. The Labute approximate surface area is 187 Å². The summed E-state index contributed by atoms with van der Waals surface area (Å²) in [4.78, 5) is 3.32. The molecule has 0 aliphatic rings. The van der Waals surface area contributed by atoms with E-state index >= 15 is 0 Å². The highest BCUT2D eigenvalue weighted by Crippen LogP contribution is 2.32. The van der Waals surface area contributed by atoms with Crippen LogP contribution >= 0.6 is 0 Å². The first-order chi connectivity index (χ1) is 15.1. The van der Waals surface area contributed by atoms with Crippen LogP contribution < -0.4 is 0 Å². The number of hydrogen-bond donors (Lipinski definition) is 2. The summed E-state index contributed by atoms with van der Waals surface area (Å²) in [7, 11) is -8.12. The molecule has 2 N–H and O–H groups in total. The molecular formula is C24H23NO5S2. The van der Waals surface area contributed by atoms with E-state index in [1.54, 1.807) is 36.4 Å². The standard InChI is InChI=1S/C24H23NO5S2/c1-16-11-14-22(32(28,29)30)20(17(16)2)13-12-18-7-6-10-21-24(18)23(15-25-21)31(26,27)19-8-4-3-5-9-19/h3-11,14-15,25H,12-13H2,1-2H3,(H,28,29,30). The van der Waals surface area contributed by atoms with Crippen LogP contribution in [0.4, 0.5) is 0 Å². The molecule has 0 radical (unpaired) electrons. The van der Waals surface area contributed by atoms with Gasteiger partial charge in [0.05, 0.1) is 14.7 Å². The Morgan fingerprint density at radius 1 is 0.812 bits per heavy atom. The van der Waals surface area contributed by atoms with Gasteiger partial charge in [-0.3, -0.25) is 4.55 Å². The summed E-state index contributed by atoms with van der Waals surface area (Å²) < 4.78 is 60.1. The molecule has 0 aliphatic carbocycles. The molecule has 6 nitrogen and oxygen atoms in total. The molecule has 8 heteroatoms. The molecule has 0 aliphatic heterocycles. The number of aromatic amines is 1. The van der Waals surface area contributed by atoms with Gasteiger partial charge in [-0.05, 0) is 73.2 Å². The van der Waals surface area contributed by atoms with E-state index in [1.807, 2.05) is 32.0 Å². The fourth-order valence-electron chi connectivity index (χ4n) is 4.03. The molecule has 0 amide bonds. The van der Waals surface area contributed by atoms with E-state index in [9.17, 15) is 21.4 Å². The predicted molar refractivity (Wildman–Crippen MR) is 123 cm³/mol. The molecule has 4 rings (SSSR count). The minimum atomic E-state index is -4.38. The van der Waals surface area contributed by atoms with Gasteiger partial charge in [0.25, 0.3) is 10.1 Å². The number of rotatable bonds is 6. The number of hydrogen-bond acceptors (Lipinski definition) is 4. The van der Waals surface area contributed by atoms with E-state index in [2.05, 4.69) is 4.98 Å². The lowest BCUT2D eigenvalue weighted by molar-refractivity contribution is 0.482. The average Bonchev–Trinajstić information content (AvgIpc) is 3.20. The lowest BCUT2D eigenvalue weighted by Crippen LogP contribution is -2.08. The van der Waals surface area contributed by atoms with Crippen molar-refractivity contribution in [2.24, 2.45) is 0 Å². The molecule has 0 saturated carbocycles. The summed E-state index contributed by atoms with van der Waals surface area (Å²) in [5.41, 5.74) is 3.71. The number of H-pyrrole nitrogens is 1. The largest absolute Gasteiger partial charge is 0.360 e. The van der Waals surface area contributed by atoms with Gasteiger partial charge in [0.1, 0.15) is 0 Å². The summed E-state index contributed by atoms with van der Waals surface area (Å²) >= 11 is 0. The van der Waals surface area contributed by atoms with Gasteiger partial charge < -0.3 is 4.98 Å². The van der Waals surface area contributed by atoms with Crippen LogP contribution in [0.3, 0.4) is 0 Å². The van der Waals surface area contributed by atoms with Crippen molar-refractivity contribution in [1.82, 2.24) is 4.98 Å². The lowest BCUT2D eigenvalue weighted by atomic mass is 9.96. The van der Waals surface area contributed by atoms with Crippen LogP contribution in [-0.2, 0) is 32.8 Å². The molecule has 0 unspecified atom stereocenters. The third-order valence-electron chi connectivity index (χ3n) is 5.85. The highest BCUT2D eigenvalue weighted by atomic mass is 32.2. The third kappa shape index (κ3) is 3.97. The molecule has 166 valence electrons. The molecule has 0 bridgehead atoms. The van der Waals surface area contributed by atoms with Crippen molar-refractivity contribution in [3.63, 3.8) is 0 Å². The molecule has 0 atom stereocenters. The average molecular weight is 470 g/mol. The predicted octanol–water partition coefficient (Wildman–Crippen LogP) is 4.65. The molecule has 32 heavy (non-hydrogen) atoms. The Balaban J connectivity index is 1.81. The Bertz CT molecular complexity index is 1520. The van der Waals surface area contributed by atoms with E-state index in [4.69, 9.17) is 0 Å². The van der Waals surface area contributed by atoms with Crippen molar-refractivity contribution in [2.45, 2.75) is 41.4 Å². The van der Waals surface area contributed by atoms with Gasteiger partial charge in [-0.2, -0.15) is 8.42 Å². The first-order valence-electron chi connectivity index (χ1n) is 10.1. The van der Waals surface area contributed by atoms with Crippen molar-refractivity contribution >= 4 is 30.9 Å². The van der Waals surface area contributed by atoms with E-state index in [1.165, 1.54) is 12.3 Å². The minimum absolute atomic E-state index is 0.112. The molecule has 0 fully saturated rings. The van der Waals surface area contributed by atoms with E-state index in [0.29, 0.717) is 29.3 Å². The normalized spacial score (nSPS) is 12.3. The fraction of sp³-hybridized carbons (Fsp3) is 0.167. The van der Waals surface area contributed by atoms with E-state index < -0.39 is 20.0 Å². The van der Waals surface area contributed by atoms with Crippen molar-refractivity contribution in [3.8, 4) is 0 Å². The molecule has 3 aromatic carbocycles. The maximum Gasteiger partial charge on any atom is 0.294 e. The minimum Gasteiger partial charge on any atom is -0.360 e. The second-order valence-electron chi connectivity index (χ2n) is 7.77. The van der Waals surface area contributed by atoms with Crippen molar-refractivity contribution in [3.05, 3.63) is 89.1 Å². The van der Waals surface area contributed by atoms with E-state index in [0.717, 1.165) is 16.7 Å². The second-order valence-corrected chi connectivity index (χ2v) is 11.1. The monoisotopic (exact) mass is 469 g/mol. The van der Waals surface area contributed by atoms with Crippen molar-refractivity contribution in [2.75, 3.05) is 0 Å². The van der Waals surface area contributed by atoms with Crippen molar-refractivity contribution in [1.29, 1.82) is 0 Å². The zero-order valence-corrected chi connectivity index (χ0v) is 19.3. The number of fused-ring (bicyclic) bond motifs is 1. The number of sulfone groups is 1. The maximum absolute atomic E-state index is 13.3. The molecule has 0 spiro atoms. The van der Waals surface area contributed by atoms with Gasteiger partial charge in [0.2, 0.25) is 9.84 Å². The van der Waals surface area contributed by atoms with Crippen LogP contribution in [-0.4, -0.2) is 26.4 Å². The first-order valence-corrected chi connectivity index (χ1v) is 13.0. The summed E-state index contributed by atoms with van der Waals surface area (Å²) in [5, 5.41) is 0.593. The van der Waals surface area contributed by atoms with Crippen LogP contribution in [0.2, 0.25) is 0 Å². The molecule has 4 aromatic rings. The zero-order chi connectivity index (χ0) is 23.1. The van der Waals surface area contributed by atoms with Gasteiger partial charge in [-0.15, -0.1) is 0 Å². The molecule has 1 heterocycles. The third-order valence-corrected chi connectivity index (χ3v) is 8.58. The quantitative estimate of drug-likeness (QED) is 0.400. The van der Waals surface area contributed by atoms with Gasteiger partial charge in [-0.25, -0.2) is 8.42 Å². The summed E-state index contributed by atoms with van der Waals surface area (Å²) in [6.45, 7) is 3.70. The Kier molecular flexibility index (Phi) is 5.70. The van der Waals surface area contributed by atoms with Crippen LogP contribution in [0.5, 0.6) is 0 Å². The lowest BCUT2D eigenvalue weighted by Gasteiger charge is -2.14. The number of aryl methyl sites for hydroxylation is 2.